The molecule has 0 aromatic carbocycles. The zero-order valence-electron chi connectivity index (χ0n) is 16.0. The van der Waals surface area contributed by atoms with Gasteiger partial charge in [-0.2, -0.15) is 0 Å². The van der Waals surface area contributed by atoms with E-state index in [-0.39, 0.29) is 35.6 Å². The van der Waals surface area contributed by atoms with Crippen LogP contribution in [0.1, 0.15) is 54.4 Å². The summed E-state index contributed by atoms with van der Waals surface area (Å²) in [5, 5.41) is 0. The molecule has 0 nitrogen and oxygen atoms in total. The van der Waals surface area contributed by atoms with Gasteiger partial charge >= 0.3 is 137 Å². The van der Waals surface area contributed by atoms with Crippen molar-refractivity contribution in [2.45, 2.75) is 63.6 Å². The van der Waals surface area contributed by atoms with E-state index < -0.39 is 20.3 Å². The molecule has 0 heterocycles. The monoisotopic (exact) mass is 434 g/mol. The summed E-state index contributed by atoms with van der Waals surface area (Å²) in [6, 6.07) is 0. The van der Waals surface area contributed by atoms with Crippen LogP contribution >= 0.6 is 24.8 Å². The first-order valence-corrected chi connectivity index (χ1v) is 15.6. The van der Waals surface area contributed by atoms with Crippen LogP contribution in [0.2, 0.25) is 9.26 Å². The average molecular weight is 437 g/mol. The molecule has 0 radical (unpaired) electrons. The summed E-state index contributed by atoms with van der Waals surface area (Å²) < 4.78 is 8.93. The molecule has 0 atom stereocenters. The first-order chi connectivity index (χ1) is 9.45. The second kappa shape index (κ2) is 7.76. The molecule has 0 spiro atoms. The maximum Gasteiger partial charge on any atom is -0.147 e. The molecule has 2 aliphatic carbocycles. The molecule has 2 rings (SSSR count). The van der Waals surface area contributed by atoms with Gasteiger partial charge in [-0.3, -0.25) is 0 Å². The SMILES string of the molecule is CC(C)(C)C1=[C]([Zr]([CH3])([CH3])[C]2=C(C(C)(C)C)C=CC2)CC=C1.Cl.Cl. The molecule has 3 heteroatoms. The zero-order valence-corrected chi connectivity index (χ0v) is 20.1. The van der Waals surface area contributed by atoms with Crippen LogP contribution in [0.4, 0.5) is 0 Å². The Bertz CT molecular complexity index is 511. The number of hydrogen-bond acceptors (Lipinski definition) is 0. The Morgan fingerprint density at radius 3 is 1.26 bits per heavy atom. The molecule has 0 aromatic rings. The Morgan fingerprint density at radius 2 is 1.00 bits per heavy atom. The molecular formula is C20H34Cl2Zr. The van der Waals surface area contributed by atoms with Crippen LogP contribution in [0.25, 0.3) is 0 Å². The molecule has 0 fully saturated rings. The van der Waals surface area contributed by atoms with E-state index in [9.17, 15) is 0 Å². The molecule has 0 amide bonds. The van der Waals surface area contributed by atoms with Crippen LogP contribution in [-0.4, -0.2) is 0 Å². The number of allylic oxidation sites excluding steroid dienone is 8. The quantitative estimate of drug-likeness (QED) is 0.418. The van der Waals surface area contributed by atoms with Gasteiger partial charge in [0.05, 0.1) is 0 Å². The van der Waals surface area contributed by atoms with Gasteiger partial charge in [0.15, 0.2) is 0 Å². The standard InChI is InChI=1S/2C9H13.2CH3.2ClH.Zr/c2*1-9(2,3)8-6-4-5-7-8;;;;;/h2*4,6H,5H2,1-3H3;2*1H3;2*1H;. The fourth-order valence-electron chi connectivity index (χ4n) is 3.78. The van der Waals surface area contributed by atoms with Gasteiger partial charge in [0.1, 0.15) is 0 Å². The first-order valence-electron chi connectivity index (χ1n) is 8.27. The summed E-state index contributed by atoms with van der Waals surface area (Å²) in [7, 11) is 0. The van der Waals surface area contributed by atoms with Gasteiger partial charge in [0.2, 0.25) is 0 Å². The molecule has 0 saturated carbocycles. The third-order valence-corrected chi connectivity index (χ3v) is 14.7. The van der Waals surface area contributed by atoms with Crippen LogP contribution in [0.15, 0.2) is 42.0 Å². The van der Waals surface area contributed by atoms with Gasteiger partial charge in [-0.25, -0.2) is 0 Å². The Morgan fingerprint density at radius 1 is 0.696 bits per heavy atom. The van der Waals surface area contributed by atoms with Gasteiger partial charge in [-0.1, -0.05) is 0 Å². The van der Waals surface area contributed by atoms with Crippen molar-refractivity contribution in [3.63, 3.8) is 0 Å². The van der Waals surface area contributed by atoms with E-state index in [0.717, 1.165) is 0 Å². The van der Waals surface area contributed by atoms with Crippen molar-refractivity contribution in [1.82, 2.24) is 0 Å². The van der Waals surface area contributed by atoms with E-state index in [2.05, 4.69) is 75.1 Å². The number of rotatable bonds is 2. The Labute approximate surface area is 160 Å². The van der Waals surface area contributed by atoms with E-state index in [0.29, 0.717) is 0 Å². The summed E-state index contributed by atoms with van der Waals surface area (Å²) in [5.74, 6) is 0. The van der Waals surface area contributed by atoms with Crippen LogP contribution < -0.4 is 0 Å². The van der Waals surface area contributed by atoms with Crippen molar-refractivity contribution in [2.24, 2.45) is 10.8 Å². The van der Waals surface area contributed by atoms with E-state index in [1.807, 2.05) is 6.56 Å². The minimum Gasteiger partial charge on any atom is -0.147 e. The van der Waals surface area contributed by atoms with Gasteiger partial charge in [0.25, 0.3) is 0 Å². The molecule has 2 aliphatic rings. The van der Waals surface area contributed by atoms with Gasteiger partial charge in [-0.15, -0.1) is 24.8 Å². The number of halogens is 2. The fraction of sp³-hybridized carbons (Fsp3) is 0.600. The third-order valence-electron chi connectivity index (χ3n) is 4.99. The van der Waals surface area contributed by atoms with Crippen LogP contribution in [0.5, 0.6) is 0 Å². The molecule has 0 unspecified atom stereocenters. The topological polar surface area (TPSA) is 0 Å². The molecule has 0 N–H and O–H groups in total. The van der Waals surface area contributed by atoms with Crippen LogP contribution in [-0.2, 0) is 20.3 Å². The van der Waals surface area contributed by atoms with E-state index >= 15 is 0 Å². The van der Waals surface area contributed by atoms with E-state index in [1.54, 1.807) is 11.1 Å². The first kappa shape index (κ1) is 23.4. The Balaban J connectivity index is 0.00000242. The molecular weight excluding hydrogens is 402 g/mol. The van der Waals surface area contributed by atoms with Crippen molar-refractivity contribution in [1.29, 1.82) is 0 Å². The van der Waals surface area contributed by atoms with Gasteiger partial charge in [0, 0.05) is 0 Å². The van der Waals surface area contributed by atoms with Crippen molar-refractivity contribution in [3.8, 4) is 0 Å². The van der Waals surface area contributed by atoms with Crippen molar-refractivity contribution < 1.29 is 20.3 Å². The largest absolute Gasteiger partial charge is 0.147 e. The van der Waals surface area contributed by atoms with E-state index in [4.69, 9.17) is 0 Å². The molecule has 132 valence electrons. The normalized spacial score (nSPS) is 18.4. The predicted molar refractivity (Wildman–Crippen MR) is 107 cm³/mol. The maximum atomic E-state index is 2.64. The predicted octanol–water partition coefficient (Wildman–Crippen LogP) is 7.60. The second-order valence-electron chi connectivity index (χ2n) is 9.12. The average Bonchev–Trinajstić information content (AvgIpc) is 2.97. The summed E-state index contributed by atoms with van der Waals surface area (Å²) in [6.07, 6.45) is 12.0. The summed E-state index contributed by atoms with van der Waals surface area (Å²) in [6.45, 7) is 14.2. The Kier molecular flexibility index (Phi) is 7.90. The van der Waals surface area contributed by atoms with E-state index in [1.165, 1.54) is 12.8 Å². The minimum atomic E-state index is -2.42. The van der Waals surface area contributed by atoms with Gasteiger partial charge in [-0.05, 0) is 0 Å². The van der Waals surface area contributed by atoms with Crippen LogP contribution in [0, 0.1) is 10.8 Å². The second-order valence-corrected chi connectivity index (χ2v) is 20.1. The smallest absolute Gasteiger partial charge is 0.147 e. The van der Waals surface area contributed by atoms with Crippen LogP contribution in [0.3, 0.4) is 0 Å². The number of hydrogen-bond donors (Lipinski definition) is 0. The molecule has 23 heavy (non-hydrogen) atoms. The zero-order chi connectivity index (χ0) is 16.1. The third kappa shape index (κ3) is 4.74. The molecule has 0 saturated heterocycles. The maximum absolute atomic E-state index is 2.64. The van der Waals surface area contributed by atoms with Crippen molar-refractivity contribution in [3.05, 3.63) is 42.0 Å². The minimum absolute atomic E-state index is 0. The van der Waals surface area contributed by atoms with Gasteiger partial charge < -0.3 is 0 Å². The molecule has 0 bridgehead atoms. The summed E-state index contributed by atoms with van der Waals surface area (Å²) >= 11 is -2.42. The molecule has 0 aliphatic heterocycles. The summed E-state index contributed by atoms with van der Waals surface area (Å²) in [4.78, 5) is 0. The fourth-order valence-corrected chi connectivity index (χ4v) is 13.3. The molecule has 0 aromatic heterocycles. The van der Waals surface area contributed by atoms with Crippen molar-refractivity contribution >= 4 is 24.8 Å². The Hall–Kier alpha value is 0.423. The van der Waals surface area contributed by atoms with Crippen molar-refractivity contribution in [2.75, 3.05) is 0 Å². The summed E-state index contributed by atoms with van der Waals surface area (Å²) in [5.41, 5.74) is 3.84.